The molecule has 0 saturated carbocycles. The van der Waals surface area contributed by atoms with Gasteiger partial charge < -0.3 is 10.6 Å². The van der Waals surface area contributed by atoms with Crippen molar-refractivity contribution < 1.29 is 9.59 Å². The van der Waals surface area contributed by atoms with Gasteiger partial charge in [-0.25, -0.2) is 0 Å². The third-order valence-electron chi connectivity index (χ3n) is 3.64. The Labute approximate surface area is 119 Å². The Kier molecular flexibility index (Phi) is 4.56. The molecule has 0 spiro atoms. The maximum atomic E-state index is 12.0. The minimum absolute atomic E-state index is 0.0124. The van der Waals surface area contributed by atoms with Crippen molar-refractivity contribution in [3.8, 4) is 0 Å². The zero-order valence-electron chi connectivity index (χ0n) is 11.7. The Balaban J connectivity index is 2.02. The summed E-state index contributed by atoms with van der Waals surface area (Å²) in [4.78, 5) is 25.0. The normalized spacial score (nSPS) is 20.6. The van der Waals surface area contributed by atoms with E-state index in [1.165, 1.54) is 0 Å². The molecule has 20 heavy (non-hydrogen) atoms. The van der Waals surface area contributed by atoms with Crippen molar-refractivity contribution in [3.63, 3.8) is 0 Å². The van der Waals surface area contributed by atoms with E-state index >= 15 is 0 Å². The SMILES string of the molecule is CCC(C(N)=O)N1CC(/C=C/c2ccccc2)CC1=O. The first kappa shape index (κ1) is 14.3. The van der Waals surface area contributed by atoms with Gasteiger partial charge in [0.15, 0.2) is 0 Å². The van der Waals surface area contributed by atoms with Crippen molar-refractivity contribution in [1.82, 2.24) is 4.90 Å². The van der Waals surface area contributed by atoms with Gasteiger partial charge in [-0.3, -0.25) is 9.59 Å². The van der Waals surface area contributed by atoms with E-state index < -0.39 is 11.9 Å². The highest BCUT2D eigenvalue weighted by atomic mass is 16.2. The molecule has 4 heteroatoms. The molecule has 0 aromatic heterocycles. The molecule has 2 unspecified atom stereocenters. The predicted octanol–water partition coefficient (Wildman–Crippen LogP) is 1.81. The lowest BCUT2D eigenvalue weighted by Gasteiger charge is -2.24. The van der Waals surface area contributed by atoms with Crippen molar-refractivity contribution in [2.45, 2.75) is 25.8 Å². The number of benzene rings is 1. The van der Waals surface area contributed by atoms with Crippen LogP contribution in [-0.2, 0) is 9.59 Å². The van der Waals surface area contributed by atoms with Crippen LogP contribution in [-0.4, -0.2) is 29.3 Å². The molecule has 2 amide bonds. The van der Waals surface area contributed by atoms with Crippen molar-refractivity contribution in [3.05, 3.63) is 42.0 Å². The van der Waals surface area contributed by atoms with Gasteiger partial charge in [0.1, 0.15) is 6.04 Å². The van der Waals surface area contributed by atoms with Gasteiger partial charge >= 0.3 is 0 Å². The maximum Gasteiger partial charge on any atom is 0.240 e. The molecule has 1 fully saturated rings. The zero-order valence-corrected chi connectivity index (χ0v) is 11.7. The molecule has 4 nitrogen and oxygen atoms in total. The molecule has 1 heterocycles. The summed E-state index contributed by atoms with van der Waals surface area (Å²) in [6.45, 7) is 2.44. The number of carbonyl (C=O) groups is 2. The lowest BCUT2D eigenvalue weighted by Crippen LogP contribution is -2.45. The average Bonchev–Trinajstić information content (AvgIpc) is 2.79. The number of nitrogens with two attached hydrogens (primary N) is 1. The van der Waals surface area contributed by atoms with Crippen LogP contribution in [0.25, 0.3) is 6.08 Å². The third-order valence-corrected chi connectivity index (χ3v) is 3.64. The number of likely N-dealkylation sites (tertiary alicyclic amines) is 1. The largest absolute Gasteiger partial charge is 0.368 e. The van der Waals surface area contributed by atoms with Crippen molar-refractivity contribution in [1.29, 1.82) is 0 Å². The summed E-state index contributed by atoms with van der Waals surface area (Å²) in [7, 11) is 0. The van der Waals surface area contributed by atoms with Crippen LogP contribution >= 0.6 is 0 Å². The van der Waals surface area contributed by atoms with Gasteiger partial charge in [0.05, 0.1) is 0 Å². The third kappa shape index (κ3) is 3.26. The molecule has 1 aromatic carbocycles. The van der Waals surface area contributed by atoms with E-state index in [0.29, 0.717) is 19.4 Å². The molecule has 0 radical (unpaired) electrons. The van der Waals surface area contributed by atoms with Crippen molar-refractivity contribution in [2.24, 2.45) is 11.7 Å². The molecular formula is C16H20N2O2. The van der Waals surface area contributed by atoms with E-state index in [9.17, 15) is 9.59 Å². The Hall–Kier alpha value is -2.10. The van der Waals surface area contributed by atoms with E-state index in [0.717, 1.165) is 5.56 Å². The van der Waals surface area contributed by atoms with Gasteiger partial charge in [-0.15, -0.1) is 0 Å². The highest BCUT2D eigenvalue weighted by molar-refractivity contribution is 5.88. The summed E-state index contributed by atoms with van der Waals surface area (Å²) >= 11 is 0. The Morgan fingerprint density at radius 3 is 2.75 bits per heavy atom. The number of rotatable bonds is 5. The van der Waals surface area contributed by atoms with Crippen molar-refractivity contribution in [2.75, 3.05) is 6.54 Å². The second-order valence-electron chi connectivity index (χ2n) is 5.11. The molecule has 2 atom stereocenters. The van der Waals surface area contributed by atoms with Gasteiger partial charge in [0, 0.05) is 18.9 Å². The first-order valence-electron chi connectivity index (χ1n) is 6.94. The van der Waals surface area contributed by atoms with Crippen molar-refractivity contribution >= 4 is 17.9 Å². The maximum absolute atomic E-state index is 12.0. The summed E-state index contributed by atoms with van der Waals surface area (Å²) in [5, 5.41) is 0. The molecule has 1 saturated heterocycles. The van der Waals surface area contributed by atoms with Crippen LogP contribution < -0.4 is 5.73 Å². The van der Waals surface area contributed by atoms with Crippen LogP contribution in [0.5, 0.6) is 0 Å². The van der Waals surface area contributed by atoms with Crippen LogP contribution in [0.1, 0.15) is 25.3 Å². The summed E-state index contributed by atoms with van der Waals surface area (Å²) < 4.78 is 0. The van der Waals surface area contributed by atoms with Crippen LogP contribution in [0.15, 0.2) is 36.4 Å². The van der Waals surface area contributed by atoms with Gasteiger partial charge in [0.2, 0.25) is 11.8 Å². The number of hydrogen-bond acceptors (Lipinski definition) is 2. The smallest absolute Gasteiger partial charge is 0.240 e. The van der Waals surface area contributed by atoms with E-state index in [1.54, 1.807) is 4.90 Å². The molecule has 2 rings (SSSR count). The Morgan fingerprint density at radius 1 is 1.45 bits per heavy atom. The molecule has 1 aromatic rings. The first-order valence-corrected chi connectivity index (χ1v) is 6.94. The minimum Gasteiger partial charge on any atom is -0.368 e. The second kappa shape index (κ2) is 6.37. The summed E-state index contributed by atoms with van der Waals surface area (Å²) in [6, 6.07) is 9.49. The monoisotopic (exact) mass is 272 g/mol. The molecule has 2 N–H and O–H groups in total. The molecule has 0 bridgehead atoms. The van der Waals surface area contributed by atoms with Gasteiger partial charge in [-0.2, -0.15) is 0 Å². The number of amides is 2. The summed E-state index contributed by atoms with van der Waals surface area (Å²) in [5.41, 5.74) is 6.46. The van der Waals surface area contributed by atoms with Crippen LogP contribution in [0, 0.1) is 5.92 Å². The number of primary amides is 1. The van der Waals surface area contributed by atoms with Crippen LogP contribution in [0.4, 0.5) is 0 Å². The summed E-state index contributed by atoms with van der Waals surface area (Å²) in [6.07, 6.45) is 5.08. The molecule has 1 aliphatic rings. The van der Waals surface area contributed by atoms with E-state index in [4.69, 9.17) is 5.73 Å². The van der Waals surface area contributed by atoms with Crippen LogP contribution in [0.2, 0.25) is 0 Å². The average molecular weight is 272 g/mol. The standard InChI is InChI=1S/C16H20N2O2/c1-2-14(16(17)20)18-11-13(10-15(18)19)9-8-12-6-4-3-5-7-12/h3-9,13-14H,2,10-11H2,1H3,(H2,17,20)/b9-8+. The van der Waals surface area contributed by atoms with Gasteiger partial charge in [-0.1, -0.05) is 49.4 Å². The lowest BCUT2D eigenvalue weighted by molar-refractivity contribution is -0.136. The van der Waals surface area contributed by atoms with E-state index in [2.05, 4.69) is 0 Å². The number of nitrogens with zero attached hydrogens (tertiary/aromatic N) is 1. The topological polar surface area (TPSA) is 63.4 Å². The first-order chi connectivity index (χ1) is 9.61. The fourth-order valence-corrected chi connectivity index (χ4v) is 2.58. The Bertz CT molecular complexity index is 510. The molecule has 1 aliphatic heterocycles. The minimum atomic E-state index is -0.474. The highest BCUT2D eigenvalue weighted by Crippen LogP contribution is 2.23. The zero-order chi connectivity index (χ0) is 14.5. The molecular weight excluding hydrogens is 252 g/mol. The fourth-order valence-electron chi connectivity index (χ4n) is 2.58. The molecule has 0 aliphatic carbocycles. The van der Waals surface area contributed by atoms with E-state index in [-0.39, 0.29) is 11.8 Å². The lowest BCUT2D eigenvalue weighted by atomic mass is 10.1. The fraction of sp³-hybridized carbons (Fsp3) is 0.375. The summed E-state index contributed by atoms with van der Waals surface area (Å²) in [5.74, 6) is -0.261. The van der Waals surface area contributed by atoms with Crippen LogP contribution in [0.3, 0.4) is 0 Å². The van der Waals surface area contributed by atoms with Gasteiger partial charge in [-0.05, 0) is 12.0 Å². The predicted molar refractivity (Wildman–Crippen MR) is 78.6 cm³/mol. The number of carbonyl (C=O) groups excluding carboxylic acids is 2. The van der Waals surface area contributed by atoms with E-state index in [1.807, 2.05) is 49.4 Å². The second-order valence-corrected chi connectivity index (χ2v) is 5.11. The highest BCUT2D eigenvalue weighted by Gasteiger charge is 2.34. The molecule has 106 valence electrons. The quantitative estimate of drug-likeness (QED) is 0.888. The Morgan fingerprint density at radius 2 is 2.15 bits per heavy atom. The van der Waals surface area contributed by atoms with Gasteiger partial charge in [0.25, 0.3) is 0 Å². The number of hydrogen-bond donors (Lipinski definition) is 1.